The molecule has 0 saturated carbocycles. The number of amides is 1. The van der Waals surface area contributed by atoms with Crippen molar-refractivity contribution in [3.63, 3.8) is 0 Å². The highest BCUT2D eigenvalue weighted by molar-refractivity contribution is 7.92. The molecule has 0 fully saturated rings. The Morgan fingerprint density at radius 1 is 1.11 bits per heavy atom. The van der Waals surface area contributed by atoms with E-state index in [-0.39, 0.29) is 12.0 Å². The quantitative estimate of drug-likeness (QED) is 0.799. The third kappa shape index (κ3) is 5.71. The molecular formula is C20H25ClN2O3S. The predicted molar refractivity (Wildman–Crippen MR) is 112 cm³/mol. The average molecular weight is 409 g/mol. The highest BCUT2D eigenvalue weighted by atomic mass is 35.5. The maximum atomic E-state index is 12.5. The van der Waals surface area contributed by atoms with Crippen LogP contribution in [0.4, 0.5) is 11.4 Å². The van der Waals surface area contributed by atoms with Crippen molar-refractivity contribution in [2.75, 3.05) is 22.4 Å². The van der Waals surface area contributed by atoms with Gasteiger partial charge in [0.05, 0.1) is 11.9 Å². The highest BCUT2D eigenvalue weighted by Gasteiger charge is 2.22. The largest absolute Gasteiger partial charge is 0.324 e. The number of aryl methyl sites for hydroxylation is 1. The monoisotopic (exact) mass is 408 g/mol. The highest BCUT2D eigenvalue weighted by Crippen LogP contribution is 2.26. The van der Waals surface area contributed by atoms with E-state index in [0.717, 1.165) is 21.7 Å². The lowest BCUT2D eigenvalue weighted by Crippen LogP contribution is -2.37. The Hall–Kier alpha value is -2.05. The van der Waals surface area contributed by atoms with Crippen LogP contribution in [0.5, 0.6) is 0 Å². The van der Waals surface area contributed by atoms with Crippen LogP contribution in [0, 0.1) is 6.92 Å². The molecular weight excluding hydrogens is 384 g/mol. The molecule has 0 heterocycles. The summed E-state index contributed by atoms with van der Waals surface area (Å²) >= 11 is 5.92. The van der Waals surface area contributed by atoms with Crippen LogP contribution in [-0.4, -0.2) is 27.1 Å². The summed E-state index contributed by atoms with van der Waals surface area (Å²) in [5, 5.41) is 3.31. The molecule has 2 aromatic rings. The lowest BCUT2D eigenvalue weighted by Gasteiger charge is -2.24. The minimum Gasteiger partial charge on any atom is -0.324 e. The van der Waals surface area contributed by atoms with Crippen LogP contribution >= 0.6 is 11.6 Å². The first-order valence-corrected chi connectivity index (χ1v) is 10.7. The van der Waals surface area contributed by atoms with Gasteiger partial charge in [-0.2, -0.15) is 0 Å². The minimum absolute atomic E-state index is 0.0437. The Bertz CT molecular complexity index is 933. The number of anilines is 2. The zero-order valence-corrected chi connectivity index (χ0v) is 17.8. The third-order valence-corrected chi connectivity index (χ3v) is 5.55. The van der Waals surface area contributed by atoms with Gasteiger partial charge < -0.3 is 5.32 Å². The Balaban J connectivity index is 2.23. The predicted octanol–water partition coefficient (Wildman–Crippen LogP) is 4.35. The van der Waals surface area contributed by atoms with Gasteiger partial charge in [0.1, 0.15) is 6.54 Å². The molecule has 146 valence electrons. The summed E-state index contributed by atoms with van der Waals surface area (Å²) in [7, 11) is -3.62. The van der Waals surface area contributed by atoms with Crippen LogP contribution in [-0.2, 0) is 20.2 Å². The molecule has 0 aliphatic heterocycles. The van der Waals surface area contributed by atoms with E-state index in [0.29, 0.717) is 16.4 Å². The van der Waals surface area contributed by atoms with Gasteiger partial charge in [-0.25, -0.2) is 8.42 Å². The van der Waals surface area contributed by atoms with Crippen molar-refractivity contribution in [1.29, 1.82) is 0 Å². The van der Waals surface area contributed by atoms with E-state index >= 15 is 0 Å². The van der Waals surface area contributed by atoms with Gasteiger partial charge >= 0.3 is 0 Å². The molecule has 0 aliphatic rings. The number of carbonyl (C=O) groups excluding carboxylic acids is 1. The Labute approximate surface area is 166 Å². The molecule has 0 aliphatic carbocycles. The summed E-state index contributed by atoms with van der Waals surface area (Å²) in [6.45, 7) is 7.76. The van der Waals surface area contributed by atoms with Gasteiger partial charge in [-0.15, -0.1) is 0 Å². The lowest BCUT2D eigenvalue weighted by molar-refractivity contribution is -0.114. The van der Waals surface area contributed by atoms with E-state index in [1.165, 1.54) is 0 Å². The zero-order chi connectivity index (χ0) is 20.4. The number of hydrogen-bond acceptors (Lipinski definition) is 3. The zero-order valence-electron chi connectivity index (χ0n) is 16.2. The van der Waals surface area contributed by atoms with E-state index in [9.17, 15) is 13.2 Å². The van der Waals surface area contributed by atoms with Crippen molar-refractivity contribution in [1.82, 2.24) is 0 Å². The van der Waals surface area contributed by atoms with E-state index < -0.39 is 15.9 Å². The summed E-state index contributed by atoms with van der Waals surface area (Å²) in [6.07, 6.45) is 1.09. The first-order chi connectivity index (χ1) is 12.4. The van der Waals surface area contributed by atoms with Crippen LogP contribution in [0.15, 0.2) is 42.5 Å². The smallest absolute Gasteiger partial charge is 0.245 e. The van der Waals surface area contributed by atoms with E-state index in [1.807, 2.05) is 19.1 Å². The molecule has 7 heteroatoms. The lowest BCUT2D eigenvalue weighted by atomic mass is 9.87. The van der Waals surface area contributed by atoms with E-state index in [4.69, 9.17) is 11.6 Å². The molecule has 27 heavy (non-hydrogen) atoms. The molecule has 0 radical (unpaired) electrons. The van der Waals surface area contributed by atoms with Crippen molar-refractivity contribution < 1.29 is 13.2 Å². The van der Waals surface area contributed by atoms with Gasteiger partial charge in [0.2, 0.25) is 15.9 Å². The van der Waals surface area contributed by atoms with Crippen LogP contribution in [0.1, 0.15) is 31.9 Å². The molecule has 5 nitrogen and oxygen atoms in total. The molecule has 0 saturated heterocycles. The molecule has 0 bridgehead atoms. The summed E-state index contributed by atoms with van der Waals surface area (Å²) in [6, 6.07) is 12.3. The third-order valence-electron chi connectivity index (χ3n) is 4.17. The molecule has 0 aromatic heterocycles. The number of rotatable bonds is 5. The fourth-order valence-electron chi connectivity index (χ4n) is 2.62. The summed E-state index contributed by atoms with van der Waals surface area (Å²) in [5.74, 6) is -0.425. The number of sulfonamides is 1. The van der Waals surface area contributed by atoms with Gasteiger partial charge in [0.15, 0.2) is 0 Å². The van der Waals surface area contributed by atoms with Crippen LogP contribution in [0.25, 0.3) is 0 Å². The van der Waals surface area contributed by atoms with E-state index in [1.54, 1.807) is 30.3 Å². The normalized spacial score (nSPS) is 11.9. The first-order valence-electron chi connectivity index (χ1n) is 8.52. The maximum Gasteiger partial charge on any atom is 0.245 e. The van der Waals surface area contributed by atoms with Gasteiger partial charge in [0.25, 0.3) is 0 Å². The van der Waals surface area contributed by atoms with Crippen LogP contribution in [0.2, 0.25) is 5.02 Å². The van der Waals surface area contributed by atoms with Crippen molar-refractivity contribution >= 4 is 38.9 Å². The number of halogens is 1. The minimum atomic E-state index is -3.62. The van der Waals surface area contributed by atoms with Gasteiger partial charge in [0, 0.05) is 10.7 Å². The molecule has 0 unspecified atom stereocenters. The molecule has 0 atom stereocenters. The summed E-state index contributed by atoms with van der Waals surface area (Å²) in [5.41, 5.74) is 2.89. The second-order valence-corrected chi connectivity index (χ2v) is 9.92. The van der Waals surface area contributed by atoms with Crippen molar-refractivity contribution in [2.24, 2.45) is 0 Å². The number of hydrogen-bond donors (Lipinski definition) is 1. The van der Waals surface area contributed by atoms with Gasteiger partial charge in [-0.05, 0) is 53.8 Å². The molecule has 0 spiro atoms. The molecule has 2 aromatic carbocycles. The molecule has 1 N–H and O–H groups in total. The second kappa shape index (κ2) is 7.90. The SMILES string of the molecule is Cc1cc(Cl)ccc1NC(=O)CN(c1ccc(C(C)(C)C)cc1)S(C)(=O)=O. The topological polar surface area (TPSA) is 66.5 Å². The summed E-state index contributed by atoms with van der Waals surface area (Å²) < 4.78 is 25.6. The fourth-order valence-corrected chi connectivity index (χ4v) is 3.70. The Morgan fingerprint density at radius 2 is 1.70 bits per heavy atom. The van der Waals surface area contributed by atoms with Crippen molar-refractivity contribution in [3.8, 4) is 0 Å². The standard InChI is InChI=1S/C20H25ClN2O3S/c1-14-12-16(21)8-11-18(14)22-19(24)13-23(27(5,25)26)17-9-6-15(7-10-17)20(2,3)4/h6-12H,13H2,1-5H3,(H,22,24). The van der Waals surface area contributed by atoms with Gasteiger partial charge in [-0.1, -0.05) is 44.5 Å². The van der Waals surface area contributed by atoms with Crippen LogP contribution in [0.3, 0.4) is 0 Å². The number of benzene rings is 2. The van der Waals surface area contributed by atoms with Crippen molar-refractivity contribution in [3.05, 3.63) is 58.6 Å². The molecule has 1 amide bonds. The Morgan fingerprint density at radius 3 is 2.19 bits per heavy atom. The fraction of sp³-hybridized carbons (Fsp3) is 0.350. The number of carbonyl (C=O) groups is 1. The Kier molecular flexibility index (Phi) is 6.22. The average Bonchev–Trinajstić information content (AvgIpc) is 2.53. The molecule has 2 rings (SSSR count). The second-order valence-electron chi connectivity index (χ2n) is 7.57. The number of nitrogens with one attached hydrogen (secondary N) is 1. The van der Waals surface area contributed by atoms with Crippen LogP contribution < -0.4 is 9.62 Å². The number of nitrogens with zero attached hydrogens (tertiary/aromatic N) is 1. The van der Waals surface area contributed by atoms with E-state index in [2.05, 4.69) is 26.1 Å². The van der Waals surface area contributed by atoms with Gasteiger partial charge in [-0.3, -0.25) is 9.10 Å². The van der Waals surface area contributed by atoms with Crippen molar-refractivity contribution in [2.45, 2.75) is 33.1 Å². The maximum absolute atomic E-state index is 12.5. The first kappa shape index (κ1) is 21.3. The summed E-state index contributed by atoms with van der Waals surface area (Å²) in [4.78, 5) is 12.5.